The van der Waals surface area contributed by atoms with Crippen molar-refractivity contribution in [1.82, 2.24) is 4.90 Å². The van der Waals surface area contributed by atoms with E-state index in [0.717, 1.165) is 16.8 Å². The standard InChI is InChI=1S/C21H30N2O4/c1-13(2)23(14(3)4)20(25)12-27-21(26)17-10-19(24)22(11-17)18-9-7-8-15(5)16(18)6/h7-9,13-14,17H,10-12H2,1-6H3/t17-/m1/s1. The van der Waals surface area contributed by atoms with Crippen LogP contribution in [0.2, 0.25) is 0 Å². The molecular weight excluding hydrogens is 344 g/mol. The van der Waals surface area contributed by atoms with Gasteiger partial charge < -0.3 is 14.5 Å². The molecule has 6 heteroatoms. The Kier molecular flexibility index (Phi) is 6.63. The van der Waals surface area contributed by atoms with Gasteiger partial charge in [-0.25, -0.2) is 0 Å². The number of nitrogens with zero attached hydrogens (tertiary/aromatic N) is 2. The van der Waals surface area contributed by atoms with E-state index in [9.17, 15) is 14.4 Å². The highest BCUT2D eigenvalue weighted by Gasteiger charge is 2.37. The zero-order chi connectivity index (χ0) is 20.3. The van der Waals surface area contributed by atoms with Gasteiger partial charge in [-0.2, -0.15) is 0 Å². The Hall–Kier alpha value is -2.37. The molecule has 1 atom stereocenters. The third-order valence-electron chi connectivity index (χ3n) is 5.06. The van der Waals surface area contributed by atoms with Crippen molar-refractivity contribution in [3.05, 3.63) is 29.3 Å². The van der Waals surface area contributed by atoms with Crippen molar-refractivity contribution in [1.29, 1.82) is 0 Å². The Morgan fingerprint density at radius 2 is 1.81 bits per heavy atom. The second kappa shape index (κ2) is 8.55. The predicted octanol–water partition coefficient (Wildman–Crippen LogP) is 2.84. The van der Waals surface area contributed by atoms with E-state index in [1.54, 1.807) is 9.80 Å². The Bertz CT molecular complexity index is 719. The van der Waals surface area contributed by atoms with Crippen molar-refractivity contribution in [3.8, 4) is 0 Å². The average molecular weight is 374 g/mol. The van der Waals surface area contributed by atoms with Gasteiger partial charge in [0.15, 0.2) is 6.61 Å². The molecule has 0 bridgehead atoms. The van der Waals surface area contributed by atoms with E-state index in [4.69, 9.17) is 4.74 Å². The van der Waals surface area contributed by atoms with Gasteiger partial charge in [0.2, 0.25) is 5.91 Å². The Morgan fingerprint density at radius 1 is 1.19 bits per heavy atom. The minimum absolute atomic E-state index is 0.0315. The topological polar surface area (TPSA) is 66.9 Å². The Labute approximate surface area is 161 Å². The first-order valence-electron chi connectivity index (χ1n) is 9.47. The Morgan fingerprint density at radius 3 is 2.41 bits per heavy atom. The van der Waals surface area contributed by atoms with Gasteiger partial charge in [-0.05, 0) is 58.7 Å². The summed E-state index contributed by atoms with van der Waals surface area (Å²) < 4.78 is 5.25. The summed E-state index contributed by atoms with van der Waals surface area (Å²) in [5.41, 5.74) is 2.95. The second-order valence-electron chi connectivity index (χ2n) is 7.72. The number of benzene rings is 1. The molecule has 0 N–H and O–H groups in total. The number of hydrogen-bond acceptors (Lipinski definition) is 4. The van der Waals surface area contributed by atoms with Crippen molar-refractivity contribution >= 4 is 23.5 Å². The monoisotopic (exact) mass is 374 g/mol. The lowest BCUT2D eigenvalue weighted by molar-refractivity contribution is -0.156. The molecule has 27 heavy (non-hydrogen) atoms. The molecule has 0 radical (unpaired) electrons. The van der Waals surface area contributed by atoms with Gasteiger partial charge in [-0.3, -0.25) is 14.4 Å². The molecule has 0 spiro atoms. The van der Waals surface area contributed by atoms with Gasteiger partial charge in [0, 0.05) is 30.7 Å². The third kappa shape index (κ3) is 4.67. The third-order valence-corrected chi connectivity index (χ3v) is 5.06. The lowest BCUT2D eigenvalue weighted by Gasteiger charge is -2.30. The van der Waals surface area contributed by atoms with Crippen LogP contribution in [0.25, 0.3) is 0 Å². The van der Waals surface area contributed by atoms with Crippen LogP contribution in [0.3, 0.4) is 0 Å². The molecule has 6 nitrogen and oxygen atoms in total. The average Bonchev–Trinajstić information content (AvgIpc) is 2.96. The molecule has 2 rings (SSSR count). The van der Waals surface area contributed by atoms with Crippen LogP contribution in [0.15, 0.2) is 18.2 Å². The van der Waals surface area contributed by atoms with Crippen LogP contribution in [0.4, 0.5) is 5.69 Å². The molecular formula is C21H30N2O4. The molecule has 1 aromatic carbocycles. The maximum Gasteiger partial charge on any atom is 0.311 e. The number of aryl methyl sites for hydroxylation is 1. The number of carbonyl (C=O) groups is 3. The molecule has 1 aliphatic rings. The molecule has 1 aromatic rings. The second-order valence-corrected chi connectivity index (χ2v) is 7.72. The van der Waals surface area contributed by atoms with Gasteiger partial charge in [-0.15, -0.1) is 0 Å². The van der Waals surface area contributed by atoms with Crippen molar-refractivity contribution in [2.24, 2.45) is 5.92 Å². The molecule has 1 saturated heterocycles. The Balaban J connectivity index is 2.00. The first-order chi connectivity index (χ1) is 12.6. The van der Waals surface area contributed by atoms with Crippen LogP contribution in [0.1, 0.15) is 45.2 Å². The smallest absolute Gasteiger partial charge is 0.311 e. The number of anilines is 1. The zero-order valence-electron chi connectivity index (χ0n) is 17.1. The summed E-state index contributed by atoms with van der Waals surface area (Å²) in [6.45, 7) is 11.7. The van der Waals surface area contributed by atoms with Crippen molar-refractivity contribution in [3.63, 3.8) is 0 Å². The maximum atomic E-state index is 12.4. The summed E-state index contributed by atoms with van der Waals surface area (Å²) in [5.74, 6) is -1.35. The molecule has 0 aliphatic carbocycles. The minimum atomic E-state index is -0.545. The highest BCUT2D eigenvalue weighted by molar-refractivity contribution is 6.00. The van der Waals surface area contributed by atoms with Crippen LogP contribution >= 0.6 is 0 Å². The maximum absolute atomic E-state index is 12.4. The molecule has 0 unspecified atom stereocenters. The van der Waals surface area contributed by atoms with Crippen LogP contribution in [-0.2, 0) is 19.1 Å². The largest absolute Gasteiger partial charge is 0.455 e. The fourth-order valence-electron chi connectivity index (χ4n) is 3.62. The molecule has 1 aliphatic heterocycles. The van der Waals surface area contributed by atoms with Crippen molar-refractivity contribution < 1.29 is 19.1 Å². The van der Waals surface area contributed by atoms with E-state index in [1.165, 1.54) is 0 Å². The number of rotatable bonds is 6. The van der Waals surface area contributed by atoms with Crippen LogP contribution in [-0.4, -0.2) is 47.9 Å². The highest BCUT2D eigenvalue weighted by atomic mass is 16.5. The number of ether oxygens (including phenoxy) is 1. The van der Waals surface area contributed by atoms with Gasteiger partial charge in [0.05, 0.1) is 5.92 Å². The predicted molar refractivity (Wildman–Crippen MR) is 104 cm³/mol. The van der Waals surface area contributed by atoms with Crippen LogP contribution in [0.5, 0.6) is 0 Å². The summed E-state index contributed by atoms with van der Waals surface area (Å²) in [6, 6.07) is 5.85. The van der Waals surface area contributed by atoms with E-state index in [2.05, 4.69) is 0 Å². The molecule has 1 fully saturated rings. The van der Waals surface area contributed by atoms with E-state index in [-0.39, 0.29) is 43.5 Å². The molecule has 1 heterocycles. The summed E-state index contributed by atoms with van der Waals surface area (Å²) in [6.07, 6.45) is 0.110. The zero-order valence-corrected chi connectivity index (χ0v) is 17.1. The van der Waals surface area contributed by atoms with Gasteiger partial charge in [-0.1, -0.05) is 12.1 Å². The van der Waals surface area contributed by atoms with Crippen LogP contribution < -0.4 is 4.90 Å². The minimum Gasteiger partial charge on any atom is -0.455 e. The van der Waals surface area contributed by atoms with Crippen LogP contribution in [0, 0.1) is 19.8 Å². The highest BCUT2D eigenvalue weighted by Crippen LogP contribution is 2.29. The summed E-state index contributed by atoms with van der Waals surface area (Å²) >= 11 is 0. The molecule has 2 amide bonds. The summed E-state index contributed by atoms with van der Waals surface area (Å²) in [4.78, 5) is 40.5. The summed E-state index contributed by atoms with van der Waals surface area (Å²) in [5, 5.41) is 0. The first-order valence-corrected chi connectivity index (χ1v) is 9.47. The fourth-order valence-corrected chi connectivity index (χ4v) is 3.62. The molecule has 0 saturated carbocycles. The number of esters is 1. The van der Waals surface area contributed by atoms with Gasteiger partial charge in [0.1, 0.15) is 0 Å². The van der Waals surface area contributed by atoms with Crippen molar-refractivity contribution in [2.45, 2.75) is 60.0 Å². The SMILES string of the molecule is Cc1cccc(N2C[C@H](C(=O)OCC(=O)N(C(C)C)C(C)C)CC2=O)c1C. The first kappa shape index (κ1) is 20.9. The van der Waals surface area contributed by atoms with Gasteiger partial charge >= 0.3 is 5.97 Å². The van der Waals surface area contributed by atoms with Crippen molar-refractivity contribution in [2.75, 3.05) is 18.1 Å². The molecule has 148 valence electrons. The van der Waals surface area contributed by atoms with E-state index in [0.29, 0.717) is 0 Å². The quantitative estimate of drug-likeness (QED) is 0.718. The number of hydrogen-bond donors (Lipinski definition) is 0. The molecule has 0 aromatic heterocycles. The van der Waals surface area contributed by atoms with E-state index < -0.39 is 11.9 Å². The lowest BCUT2D eigenvalue weighted by Crippen LogP contribution is -2.44. The lowest BCUT2D eigenvalue weighted by atomic mass is 10.1. The van der Waals surface area contributed by atoms with E-state index >= 15 is 0 Å². The van der Waals surface area contributed by atoms with E-state index in [1.807, 2.05) is 59.7 Å². The number of amides is 2. The van der Waals surface area contributed by atoms with Gasteiger partial charge in [0.25, 0.3) is 5.91 Å². The fraction of sp³-hybridized carbons (Fsp3) is 0.571. The normalized spacial score (nSPS) is 17.0. The summed E-state index contributed by atoms with van der Waals surface area (Å²) in [7, 11) is 0. The number of carbonyl (C=O) groups excluding carboxylic acids is 3.